The van der Waals surface area contributed by atoms with E-state index in [1.807, 2.05) is 0 Å². The molecule has 0 bridgehead atoms. The smallest absolute Gasteiger partial charge is 0.248 e. The van der Waals surface area contributed by atoms with Gasteiger partial charge in [-0.2, -0.15) is 0 Å². The lowest BCUT2D eigenvalue weighted by Crippen LogP contribution is -2.29. The second kappa shape index (κ2) is 5.31. The number of hydrogen-bond donors (Lipinski definition) is 1. The third kappa shape index (κ3) is 3.48. The number of hydrogen-bond acceptors (Lipinski definition) is 2. The van der Waals surface area contributed by atoms with Crippen LogP contribution in [0.15, 0.2) is 18.2 Å². The minimum absolute atomic E-state index is 0.00781. The van der Waals surface area contributed by atoms with E-state index in [9.17, 15) is 8.78 Å². The zero-order chi connectivity index (χ0) is 13.2. The number of benzene rings is 1. The van der Waals surface area contributed by atoms with Gasteiger partial charge < -0.3 is 10.5 Å². The van der Waals surface area contributed by atoms with E-state index in [0.29, 0.717) is 22.9 Å². The van der Waals surface area contributed by atoms with Crippen LogP contribution in [0.2, 0.25) is 5.02 Å². The molecule has 100 valence electrons. The van der Waals surface area contributed by atoms with Crippen LogP contribution in [-0.2, 0) is 0 Å². The van der Waals surface area contributed by atoms with Crippen molar-refractivity contribution in [3.8, 4) is 5.75 Å². The molecule has 1 aliphatic rings. The van der Waals surface area contributed by atoms with E-state index >= 15 is 0 Å². The largest absolute Gasteiger partial charge is 0.492 e. The Labute approximate surface area is 110 Å². The molecule has 2 nitrogen and oxygen atoms in total. The first-order valence-electron chi connectivity index (χ1n) is 6.02. The van der Waals surface area contributed by atoms with Crippen molar-refractivity contribution in [1.29, 1.82) is 0 Å². The summed E-state index contributed by atoms with van der Waals surface area (Å²) in [7, 11) is 0. The maximum Gasteiger partial charge on any atom is 0.248 e. The minimum atomic E-state index is -2.54. The van der Waals surface area contributed by atoms with E-state index in [4.69, 9.17) is 22.1 Å². The monoisotopic (exact) mass is 275 g/mol. The highest BCUT2D eigenvalue weighted by molar-refractivity contribution is 6.32. The Bertz CT molecular complexity index is 425. The van der Waals surface area contributed by atoms with Crippen LogP contribution in [0.5, 0.6) is 5.75 Å². The first-order valence-corrected chi connectivity index (χ1v) is 6.40. The summed E-state index contributed by atoms with van der Waals surface area (Å²) in [5.74, 6) is -2.15. The van der Waals surface area contributed by atoms with Crippen LogP contribution >= 0.6 is 11.6 Å². The molecule has 0 heterocycles. The molecule has 1 saturated carbocycles. The van der Waals surface area contributed by atoms with Crippen molar-refractivity contribution in [2.45, 2.75) is 31.6 Å². The van der Waals surface area contributed by atoms with Crippen LogP contribution in [0.4, 0.5) is 14.5 Å². The number of halogens is 3. The second-order valence-corrected chi connectivity index (χ2v) is 5.23. The van der Waals surface area contributed by atoms with E-state index in [0.717, 1.165) is 6.42 Å². The fraction of sp³-hybridized carbons (Fsp3) is 0.538. The van der Waals surface area contributed by atoms with Crippen LogP contribution in [0.3, 0.4) is 0 Å². The molecular weight excluding hydrogens is 260 g/mol. The molecule has 5 heteroatoms. The van der Waals surface area contributed by atoms with Crippen molar-refractivity contribution in [2.75, 3.05) is 12.3 Å². The zero-order valence-corrected chi connectivity index (χ0v) is 10.7. The quantitative estimate of drug-likeness (QED) is 0.842. The molecule has 1 atom stereocenters. The molecule has 0 radical (unpaired) electrons. The van der Waals surface area contributed by atoms with Gasteiger partial charge in [0, 0.05) is 18.5 Å². The summed E-state index contributed by atoms with van der Waals surface area (Å²) >= 11 is 5.95. The summed E-state index contributed by atoms with van der Waals surface area (Å²) in [5.41, 5.74) is 6.12. The Morgan fingerprint density at radius 1 is 1.44 bits per heavy atom. The lowest BCUT2D eigenvalue weighted by atomic mass is 9.87. The molecule has 0 saturated heterocycles. The Morgan fingerprint density at radius 2 is 2.22 bits per heavy atom. The Morgan fingerprint density at radius 3 is 2.89 bits per heavy atom. The van der Waals surface area contributed by atoms with Crippen LogP contribution < -0.4 is 10.5 Å². The first-order chi connectivity index (χ1) is 8.46. The molecule has 0 aliphatic heterocycles. The number of alkyl halides is 2. The molecule has 1 aromatic rings. The average molecular weight is 276 g/mol. The number of nitrogens with two attached hydrogens (primary N) is 1. The lowest BCUT2D eigenvalue weighted by molar-refractivity contribution is -0.0585. The van der Waals surface area contributed by atoms with Crippen LogP contribution in [0, 0.1) is 5.92 Å². The number of anilines is 1. The van der Waals surface area contributed by atoms with Crippen molar-refractivity contribution < 1.29 is 13.5 Å². The van der Waals surface area contributed by atoms with Crippen LogP contribution in [0.25, 0.3) is 0 Å². The highest BCUT2D eigenvalue weighted by Crippen LogP contribution is 2.37. The molecule has 2 rings (SSSR count). The molecule has 18 heavy (non-hydrogen) atoms. The van der Waals surface area contributed by atoms with Gasteiger partial charge in [0.25, 0.3) is 0 Å². The van der Waals surface area contributed by atoms with Gasteiger partial charge in [0.2, 0.25) is 5.92 Å². The maximum absolute atomic E-state index is 13.2. The zero-order valence-electron chi connectivity index (χ0n) is 9.96. The number of rotatable bonds is 3. The third-order valence-corrected chi connectivity index (χ3v) is 3.47. The minimum Gasteiger partial charge on any atom is -0.492 e. The third-order valence-electron chi connectivity index (χ3n) is 3.17. The fourth-order valence-electron chi connectivity index (χ4n) is 2.26. The molecule has 1 aromatic carbocycles. The highest BCUT2D eigenvalue weighted by Gasteiger charge is 2.36. The molecule has 2 N–H and O–H groups in total. The van der Waals surface area contributed by atoms with Crippen molar-refractivity contribution in [3.05, 3.63) is 23.2 Å². The maximum atomic E-state index is 13.2. The summed E-state index contributed by atoms with van der Waals surface area (Å²) in [4.78, 5) is 0. The first kappa shape index (κ1) is 13.4. The van der Waals surface area contributed by atoms with Crippen molar-refractivity contribution in [2.24, 2.45) is 5.92 Å². The van der Waals surface area contributed by atoms with Gasteiger partial charge in [0.15, 0.2) is 0 Å². The highest BCUT2D eigenvalue weighted by atomic mass is 35.5. The van der Waals surface area contributed by atoms with Gasteiger partial charge in [-0.15, -0.1) is 0 Å². The Kier molecular flexibility index (Phi) is 3.95. The topological polar surface area (TPSA) is 35.2 Å². The fourth-order valence-corrected chi connectivity index (χ4v) is 2.50. The van der Waals surface area contributed by atoms with Gasteiger partial charge in [0.05, 0.1) is 11.6 Å². The van der Waals surface area contributed by atoms with E-state index in [1.165, 1.54) is 0 Å². The Balaban J connectivity index is 1.91. The van der Waals surface area contributed by atoms with Crippen LogP contribution in [0.1, 0.15) is 25.7 Å². The summed E-state index contributed by atoms with van der Waals surface area (Å²) < 4.78 is 31.9. The molecule has 1 unspecified atom stereocenters. The second-order valence-electron chi connectivity index (χ2n) is 4.82. The van der Waals surface area contributed by atoms with Gasteiger partial charge in [-0.3, -0.25) is 0 Å². The number of ether oxygens (including phenoxy) is 1. The number of nitrogen functional groups attached to an aromatic ring is 1. The van der Waals surface area contributed by atoms with Gasteiger partial charge in [-0.05, 0) is 37.0 Å². The molecule has 1 aliphatic carbocycles. The van der Waals surface area contributed by atoms with Crippen molar-refractivity contribution in [3.63, 3.8) is 0 Å². The van der Waals surface area contributed by atoms with E-state index in [1.54, 1.807) is 18.2 Å². The van der Waals surface area contributed by atoms with Crippen molar-refractivity contribution in [1.82, 2.24) is 0 Å². The predicted molar refractivity (Wildman–Crippen MR) is 68.3 cm³/mol. The molecular formula is C13H16ClF2NO. The van der Waals surface area contributed by atoms with Crippen LogP contribution in [-0.4, -0.2) is 12.5 Å². The molecule has 0 amide bonds. The standard InChI is InChI=1S/C13H16ClF2NO/c14-11-6-10(17)3-4-12(11)18-8-9-2-1-5-13(15,16)7-9/h3-4,6,9H,1-2,5,7-8,17H2. The van der Waals surface area contributed by atoms with Crippen molar-refractivity contribution >= 4 is 17.3 Å². The SMILES string of the molecule is Nc1ccc(OCC2CCCC(F)(F)C2)c(Cl)c1. The molecule has 0 aromatic heterocycles. The molecule has 1 fully saturated rings. The van der Waals surface area contributed by atoms with Gasteiger partial charge in [0.1, 0.15) is 5.75 Å². The summed E-state index contributed by atoms with van der Waals surface area (Å²) in [6, 6.07) is 4.93. The van der Waals surface area contributed by atoms with E-state index in [2.05, 4.69) is 0 Å². The summed E-state index contributed by atoms with van der Waals surface area (Å²) in [6.45, 7) is 0.277. The lowest BCUT2D eigenvalue weighted by Gasteiger charge is -2.28. The van der Waals surface area contributed by atoms with E-state index in [-0.39, 0.29) is 25.4 Å². The summed E-state index contributed by atoms with van der Waals surface area (Å²) in [6.07, 6.45) is 1.23. The van der Waals surface area contributed by atoms with Gasteiger partial charge in [-0.1, -0.05) is 11.6 Å². The van der Waals surface area contributed by atoms with E-state index < -0.39 is 5.92 Å². The summed E-state index contributed by atoms with van der Waals surface area (Å²) in [5, 5.41) is 0.414. The normalized spacial score (nSPS) is 22.7. The Hall–Kier alpha value is -1.03. The predicted octanol–water partition coefficient (Wildman–Crippen LogP) is 4.13. The molecule has 0 spiro atoms. The van der Waals surface area contributed by atoms with Gasteiger partial charge >= 0.3 is 0 Å². The van der Waals surface area contributed by atoms with Gasteiger partial charge in [-0.25, -0.2) is 8.78 Å². The average Bonchev–Trinajstić information content (AvgIpc) is 2.26.